The maximum Gasteiger partial charge on any atom is 0.129 e. The van der Waals surface area contributed by atoms with Gasteiger partial charge in [0.2, 0.25) is 0 Å². The lowest BCUT2D eigenvalue weighted by Gasteiger charge is -2.25. The van der Waals surface area contributed by atoms with E-state index >= 15 is 0 Å². The first kappa shape index (κ1) is 19.1. The van der Waals surface area contributed by atoms with Crippen molar-refractivity contribution >= 4 is 0 Å². The van der Waals surface area contributed by atoms with Gasteiger partial charge in [-0.05, 0) is 34.6 Å². The maximum absolute atomic E-state index is 14.1. The molecule has 2 aromatic rings. The molecule has 0 aliphatic carbocycles. The number of rotatable bonds is 5. The largest absolute Gasteiger partial charge is 0.306 e. The van der Waals surface area contributed by atoms with Crippen LogP contribution in [0, 0.1) is 23.1 Å². The molecule has 0 aliphatic rings. The summed E-state index contributed by atoms with van der Waals surface area (Å²) in [5, 5.41) is 12.3. The number of benzene rings is 2. The number of nitriles is 1. The number of hydrogen-bond donors (Lipinski definition) is 1. The highest BCUT2D eigenvalue weighted by Crippen LogP contribution is 2.27. The van der Waals surface area contributed by atoms with Crippen molar-refractivity contribution in [1.82, 2.24) is 5.32 Å². The predicted octanol–water partition coefficient (Wildman–Crippen LogP) is 5.48. The molecule has 132 valence electrons. The van der Waals surface area contributed by atoms with Crippen LogP contribution in [0.25, 0.3) is 0 Å². The first-order valence-electron chi connectivity index (χ1n) is 8.74. The van der Waals surface area contributed by atoms with E-state index in [0.29, 0.717) is 23.6 Å². The number of nitrogens with zero attached hydrogens (tertiary/aromatic N) is 1. The quantitative estimate of drug-likeness (QED) is 0.783. The molecule has 0 aromatic heterocycles. The molecule has 0 bridgehead atoms. The summed E-state index contributed by atoms with van der Waals surface area (Å²) in [5.74, 6) is 0.0408. The zero-order valence-electron chi connectivity index (χ0n) is 15.7. The molecule has 2 rings (SSSR count). The second-order valence-electron chi connectivity index (χ2n) is 7.89. The van der Waals surface area contributed by atoms with Crippen LogP contribution in [0.15, 0.2) is 42.5 Å². The molecule has 1 N–H and O–H groups in total. The van der Waals surface area contributed by atoms with Gasteiger partial charge >= 0.3 is 0 Å². The zero-order valence-corrected chi connectivity index (χ0v) is 15.7. The summed E-state index contributed by atoms with van der Waals surface area (Å²) in [6.45, 7) is 11.4. The SMILES string of the molecule is CC(C)C(NCc1ccc(C#N)cc1F)c1ccc(C(C)(C)C)cc1. The zero-order chi connectivity index (χ0) is 18.6. The lowest BCUT2D eigenvalue weighted by atomic mass is 9.85. The van der Waals surface area contributed by atoms with E-state index in [9.17, 15) is 4.39 Å². The molecular weight excluding hydrogens is 311 g/mol. The van der Waals surface area contributed by atoms with Gasteiger partial charge in [0, 0.05) is 18.2 Å². The maximum atomic E-state index is 14.1. The van der Waals surface area contributed by atoms with Crippen molar-refractivity contribution in [2.75, 3.05) is 0 Å². The third-order valence-electron chi connectivity index (χ3n) is 4.50. The molecule has 0 saturated heterocycles. The third kappa shape index (κ3) is 4.90. The normalized spacial score (nSPS) is 12.9. The van der Waals surface area contributed by atoms with Crippen molar-refractivity contribution in [3.8, 4) is 6.07 Å². The molecule has 0 heterocycles. The Labute approximate surface area is 150 Å². The van der Waals surface area contributed by atoms with Crippen LogP contribution in [-0.4, -0.2) is 0 Å². The molecule has 1 atom stereocenters. The summed E-state index contributed by atoms with van der Waals surface area (Å²) in [4.78, 5) is 0. The Morgan fingerprint density at radius 1 is 1.08 bits per heavy atom. The van der Waals surface area contributed by atoms with Crippen LogP contribution in [0.5, 0.6) is 0 Å². The number of hydrogen-bond acceptors (Lipinski definition) is 2. The highest BCUT2D eigenvalue weighted by atomic mass is 19.1. The molecule has 2 aromatic carbocycles. The monoisotopic (exact) mass is 338 g/mol. The second-order valence-corrected chi connectivity index (χ2v) is 7.89. The molecule has 2 nitrogen and oxygen atoms in total. The van der Waals surface area contributed by atoms with Crippen LogP contribution in [0.1, 0.15) is 62.9 Å². The van der Waals surface area contributed by atoms with Crippen molar-refractivity contribution in [2.45, 2.75) is 52.6 Å². The fourth-order valence-corrected chi connectivity index (χ4v) is 2.91. The fourth-order valence-electron chi connectivity index (χ4n) is 2.91. The lowest BCUT2D eigenvalue weighted by molar-refractivity contribution is 0.406. The van der Waals surface area contributed by atoms with Crippen molar-refractivity contribution in [3.63, 3.8) is 0 Å². The summed E-state index contributed by atoms with van der Waals surface area (Å²) < 4.78 is 14.1. The summed E-state index contributed by atoms with van der Waals surface area (Å²) >= 11 is 0. The lowest BCUT2D eigenvalue weighted by Crippen LogP contribution is -2.26. The highest BCUT2D eigenvalue weighted by molar-refractivity contribution is 5.33. The summed E-state index contributed by atoms with van der Waals surface area (Å²) in [6, 6.07) is 15.4. The second kappa shape index (κ2) is 7.80. The van der Waals surface area contributed by atoms with Gasteiger partial charge in [0.15, 0.2) is 0 Å². The standard InChI is InChI=1S/C22H27FN2/c1-15(2)21(17-8-10-19(11-9-17)22(3,4)5)25-14-18-7-6-16(13-24)12-20(18)23/h6-12,15,21,25H,14H2,1-5H3. The van der Waals surface area contributed by atoms with Crippen LogP contribution in [0.2, 0.25) is 0 Å². The van der Waals surface area contributed by atoms with Crippen molar-refractivity contribution < 1.29 is 4.39 Å². The van der Waals surface area contributed by atoms with E-state index in [1.165, 1.54) is 17.2 Å². The fraction of sp³-hybridized carbons (Fsp3) is 0.409. The van der Waals surface area contributed by atoms with Crippen molar-refractivity contribution in [1.29, 1.82) is 5.26 Å². The molecule has 1 unspecified atom stereocenters. The topological polar surface area (TPSA) is 35.8 Å². The Morgan fingerprint density at radius 2 is 1.72 bits per heavy atom. The Morgan fingerprint density at radius 3 is 2.20 bits per heavy atom. The predicted molar refractivity (Wildman–Crippen MR) is 101 cm³/mol. The van der Waals surface area contributed by atoms with Crippen LogP contribution in [0.3, 0.4) is 0 Å². The Hall–Kier alpha value is -2.18. The van der Waals surface area contributed by atoms with Crippen LogP contribution < -0.4 is 5.32 Å². The minimum Gasteiger partial charge on any atom is -0.306 e. The minimum atomic E-state index is -0.336. The average Bonchev–Trinajstić information content (AvgIpc) is 2.55. The molecule has 0 fully saturated rings. The molecule has 0 radical (unpaired) electrons. The number of nitrogens with one attached hydrogen (secondary N) is 1. The third-order valence-corrected chi connectivity index (χ3v) is 4.50. The summed E-state index contributed by atoms with van der Waals surface area (Å²) in [7, 11) is 0. The molecule has 3 heteroatoms. The summed E-state index contributed by atoms with van der Waals surface area (Å²) in [5.41, 5.74) is 3.56. The summed E-state index contributed by atoms with van der Waals surface area (Å²) in [6.07, 6.45) is 0. The molecule has 0 amide bonds. The van der Waals surface area contributed by atoms with E-state index in [4.69, 9.17) is 5.26 Å². The molecule has 25 heavy (non-hydrogen) atoms. The van der Waals surface area contributed by atoms with Gasteiger partial charge in [0.25, 0.3) is 0 Å². The van der Waals surface area contributed by atoms with Gasteiger partial charge in [-0.3, -0.25) is 0 Å². The van der Waals surface area contributed by atoms with Gasteiger partial charge in [-0.1, -0.05) is 65.0 Å². The van der Waals surface area contributed by atoms with Crippen molar-refractivity contribution in [3.05, 3.63) is 70.5 Å². The first-order valence-corrected chi connectivity index (χ1v) is 8.74. The van der Waals surface area contributed by atoms with E-state index in [0.717, 1.165) is 0 Å². The van der Waals surface area contributed by atoms with Gasteiger partial charge in [-0.25, -0.2) is 4.39 Å². The number of halogens is 1. The van der Waals surface area contributed by atoms with Crippen LogP contribution in [-0.2, 0) is 12.0 Å². The molecular formula is C22H27FN2. The first-order chi connectivity index (χ1) is 11.7. The van der Waals surface area contributed by atoms with E-state index < -0.39 is 0 Å². The van der Waals surface area contributed by atoms with E-state index in [1.54, 1.807) is 12.1 Å². The van der Waals surface area contributed by atoms with Gasteiger partial charge in [-0.2, -0.15) is 5.26 Å². The van der Waals surface area contributed by atoms with Gasteiger partial charge < -0.3 is 5.32 Å². The van der Waals surface area contributed by atoms with E-state index in [1.807, 2.05) is 6.07 Å². The molecule has 0 aliphatic heterocycles. The van der Waals surface area contributed by atoms with Crippen LogP contribution >= 0.6 is 0 Å². The average molecular weight is 338 g/mol. The Balaban J connectivity index is 2.15. The van der Waals surface area contributed by atoms with Gasteiger partial charge in [-0.15, -0.1) is 0 Å². The highest BCUT2D eigenvalue weighted by Gasteiger charge is 2.18. The van der Waals surface area contributed by atoms with E-state index in [2.05, 4.69) is 64.2 Å². The Bertz CT molecular complexity index is 749. The van der Waals surface area contributed by atoms with Gasteiger partial charge in [0.05, 0.1) is 11.6 Å². The smallest absolute Gasteiger partial charge is 0.129 e. The Kier molecular flexibility index (Phi) is 5.98. The minimum absolute atomic E-state index is 0.130. The van der Waals surface area contributed by atoms with E-state index in [-0.39, 0.29) is 17.3 Å². The molecule has 0 saturated carbocycles. The van der Waals surface area contributed by atoms with Crippen LogP contribution in [0.4, 0.5) is 4.39 Å². The van der Waals surface area contributed by atoms with Gasteiger partial charge in [0.1, 0.15) is 5.82 Å². The van der Waals surface area contributed by atoms with Crippen molar-refractivity contribution in [2.24, 2.45) is 5.92 Å². The molecule has 0 spiro atoms.